The third kappa shape index (κ3) is 3.10. The molecule has 0 fully saturated rings. The van der Waals surface area contributed by atoms with Crippen molar-refractivity contribution in [3.05, 3.63) is 34.5 Å². The van der Waals surface area contributed by atoms with Crippen LogP contribution in [-0.2, 0) is 13.0 Å². The van der Waals surface area contributed by atoms with Crippen molar-refractivity contribution in [3.8, 4) is 5.88 Å². The number of hydrogen-bond donors (Lipinski definition) is 1. The van der Waals surface area contributed by atoms with Crippen LogP contribution in [0.3, 0.4) is 0 Å². The van der Waals surface area contributed by atoms with E-state index < -0.39 is 0 Å². The Morgan fingerprint density at radius 2 is 2.41 bits per heavy atom. The zero-order chi connectivity index (χ0) is 15.5. The molecule has 0 aromatic carbocycles. The number of carbonyl (C=O) groups excluding carboxylic acids is 1. The minimum atomic E-state index is -0.240. The summed E-state index contributed by atoms with van der Waals surface area (Å²) in [7, 11) is 2.09. The van der Waals surface area contributed by atoms with Crippen molar-refractivity contribution in [2.24, 2.45) is 0 Å². The molecule has 1 aliphatic heterocycles. The van der Waals surface area contributed by atoms with Gasteiger partial charge in [-0.05, 0) is 26.1 Å². The number of pyridine rings is 1. The minimum Gasteiger partial charge on any atom is -0.477 e. The highest BCUT2D eigenvalue weighted by molar-refractivity contribution is 7.15. The molecule has 3 heterocycles. The van der Waals surface area contributed by atoms with E-state index in [2.05, 4.69) is 27.2 Å². The van der Waals surface area contributed by atoms with Crippen LogP contribution >= 0.6 is 11.3 Å². The first-order valence-electron chi connectivity index (χ1n) is 7.23. The molecule has 1 aliphatic rings. The third-order valence-electron chi connectivity index (χ3n) is 3.44. The predicted octanol–water partition coefficient (Wildman–Crippen LogP) is 2.18. The first-order chi connectivity index (χ1) is 10.7. The Morgan fingerprint density at radius 3 is 3.23 bits per heavy atom. The first-order valence-corrected chi connectivity index (χ1v) is 8.05. The van der Waals surface area contributed by atoms with E-state index in [1.54, 1.807) is 18.3 Å². The van der Waals surface area contributed by atoms with Gasteiger partial charge in [0.1, 0.15) is 5.56 Å². The summed E-state index contributed by atoms with van der Waals surface area (Å²) in [6.45, 7) is 4.22. The van der Waals surface area contributed by atoms with Crippen LogP contribution in [-0.4, -0.2) is 41.0 Å². The Hall–Kier alpha value is -1.99. The predicted molar refractivity (Wildman–Crippen MR) is 85.5 cm³/mol. The van der Waals surface area contributed by atoms with Crippen molar-refractivity contribution < 1.29 is 9.53 Å². The molecule has 0 atom stereocenters. The van der Waals surface area contributed by atoms with Crippen molar-refractivity contribution in [2.75, 3.05) is 25.5 Å². The largest absolute Gasteiger partial charge is 0.477 e. The summed E-state index contributed by atoms with van der Waals surface area (Å²) in [6.07, 6.45) is 2.54. The van der Waals surface area contributed by atoms with Crippen LogP contribution in [0.1, 0.15) is 27.9 Å². The topological polar surface area (TPSA) is 67.3 Å². The smallest absolute Gasteiger partial charge is 0.262 e. The van der Waals surface area contributed by atoms with E-state index in [4.69, 9.17) is 4.74 Å². The van der Waals surface area contributed by atoms with Gasteiger partial charge >= 0.3 is 0 Å². The number of nitrogens with zero attached hydrogens (tertiary/aromatic N) is 3. The number of rotatable bonds is 4. The summed E-state index contributed by atoms with van der Waals surface area (Å²) in [5.41, 5.74) is 1.52. The van der Waals surface area contributed by atoms with Crippen LogP contribution in [0.4, 0.5) is 5.13 Å². The summed E-state index contributed by atoms with van der Waals surface area (Å²) in [5, 5.41) is 3.49. The third-order valence-corrected chi connectivity index (χ3v) is 4.44. The van der Waals surface area contributed by atoms with Gasteiger partial charge in [0.05, 0.1) is 12.3 Å². The fourth-order valence-electron chi connectivity index (χ4n) is 2.36. The van der Waals surface area contributed by atoms with Crippen molar-refractivity contribution in [2.45, 2.75) is 19.9 Å². The molecule has 7 heteroatoms. The van der Waals surface area contributed by atoms with E-state index in [9.17, 15) is 4.79 Å². The average molecular weight is 318 g/mol. The molecule has 0 saturated carbocycles. The maximum Gasteiger partial charge on any atom is 0.262 e. The van der Waals surface area contributed by atoms with Gasteiger partial charge in [0.2, 0.25) is 5.88 Å². The number of likely N-dealkylation sites (N-methyl/N-ethyl adjacent to an activating group) is 1. The molecule has 0 bridgehead atoms. The van der Waals surface area contributed by atoms with Crippen molar-refractivity contribution in [1.82, 2.24) is 14.9 Å². The zero-order valence-electron chi connectivity index (χ0n) is 12.6. The lowest BCUT2D eigenvalue weighted by molar-refractivity contribution is 0.102. The highest BCUT2D eigenvalue weighted by Gasteiger charge is 2.20. The van der Waals surface area contributed by atoms with E-state index >= 15 is 0 Å². The fourth-order valence-corrected chi connectivity index (χ4v) is 3.44. The Morgan fingerprint density at radius 1 is 1.55 bits per heavy atom. The molecule has 116 valence electrons. The van der Waals surface area contributed by atoms with Gasteiger partial charge in [-0.15, -0.1) is 11.3 Å². The molecule has 6 nitrogen and oxygen atoms in total. The van der Waals surface area contributed by atoms with E-state index in [-0.39, 0.29) is 5.91 Å². The lowest BCUT2D eigenvalue weighted by Gasteiger charge is -2.20. The van der Waals surface area contributed by atoms with Gasteiger partial charge in [0.15, 0.2) is 5.13 Å². The molecular formula is C15H18N4O2S. The normalized spacial score (nSPS) is 14.5. The number of nitrogens with one attached hydrogen (secondary N) is 1. The molecule has 0 unspecified atom stereocenters. The molecule has 1 amide bonds. The van der Waals surface area contributed by atoms with Crippen LogP contribution in [0, 0.1) is 0 Å². The van der Waals surface area contributed by atoms with Crippen LogP contribution < -0.4 is 10.1 Å². The monoisotopic (exact) mass is 318 g/mol. The Kier molecular flexibility index (Phi) is 4.35. The summed E-state index contributed by atoms with van der Waals surface area (Å²) in [5.74, 6) is 0.111. The van der Waals surface area contributed by atoms with E-state index in [1.165, 1.54) is 16.2 Å². The lowest BCUT2D eigenvalue weighted by atomic mass is 10.2. The van der Waals surface area contributed by atoms with Crippen molar-refractivity contribution >= 4 is 22.4 Å². The van der Waals surface area contributed by atoms with Crippen LogP contribution in [0.5, 0.6) is 5.88 Å². The van der Waals surface area contributed by atoms with Gasteiger partial charge in [-0.3, -0.25) is 10.1 Å². The minimum absolute atomic E-state index is 0.240. The second-order valence-electron chi connectivity index (χ2n) is 5.12. The number of fused-ring (bicyclic) bond motifs is 1. The molecule has 22 heavy (non-hydrogen) atoms. The molecule has 0 saturated heterocycles. The number of thiazole rings is 1. The average Bonchev–Trinajstić information content (AvgIpc) is 2.89. The van der Waals surface area contributed by atoms with E-state index in [0.717, 1.165) is 25.2 Å². The lowest BCUT2D eigenvalue weighted by Crippen LogP contribution is -2.25. The number of aromatic nitrogens is 2. The van der Waals surface area contributed by atoms with E-state index in [1.807, 2.05) is 6.92 Å². The summed E-state index contributed by atoms with van der Waals surface area (Å²) in [4.78, 5) is 24.5. The Labute approximate surface area is 133 Å². The van der Waals surface area contributed by atoms with Gasteiger partial charge in [-0.2, -0.15) is 0 Å². The molecular weight excluding hydrogens is 300 g/mol. The number of ether oxygens (including phenoxy) is 1. The van der Waals surface area contributed by atoms with Gasteiger partial charge in [0.25, 0.3) is 5.91 Å². The molecule has 1 N–H and O–H groups in total. The number of anilines is 1. The summed E-state index contributed by atoms with van der Waals surface area (Å²) >= 11 is 1.54. The quantitative estimate of drug-likeness (QED) is 0.936. The van der Waals surface area contributed by atoms with Gasteiger partial charge in [-0.25, -0.2) is 9.97 Å². The molecule has 0 aliphatic carbocycles. The van der Waals surface area contributed by atoms with Crippen LogP contribution in [0.15, 0.2) is 18.3 Å². The van der Waals surface area contributed by atoms with Crippen LogP contribution in [0.25, 0.3) is 0 Å². The second-order valence-corrected chi connectivity index (χ2v) is 6.20. The Balaban J connectivity index is 1.77. The number of carbonyl (C=O) groups is 1. The van der Waals surface area contributed by atoms with Crippen LogP contribution in [0.2, 0.25) is 0 Å². The van der Waals surface area contributed by atoms with Crippen molar-refractivity contribution in [3.63, 3.8) is 0 Å². The number of hydrogen-bond acceptors (Lipinski definition) is 6. The van der Waals surface area contributed by atoms with Gasteiger partial charge in [0, 0.05) is 30.6 Å². The maximum atomic E-state index is 12.4. The first kappa shape index (κ1) is 14.9. The van der Waals surface area contributed by atoms with Crippen molar-refractivity contribution in [1.29, 1.82) is 0 Å². The summed E-state index contributed by atoms with van der Waals surface area (Å²) < 4.78 is 5.40. The highest BCUT2D eigenvalue weighted by atomic mass is 32.1. The van der Waals surface area contributed by atoms with Gasteiger partial charge < -0.3 is 9.64 Å². The fraction of sp³-hybridized carbons (Fsp3) is 0.400. The van der Waals surface area contributed by atoms with E-state index in [0.29, 0.717) is 23.2 Å². The second kappa shape index (κ2) is 6.41. The Bertz CT molecular complexity index is 686. The van der Waals surface area contributed by atoms with Gasteiger partial charge in [-0.1, -0.05) is 0 Å². The molecule has 3 rings (SSSR count). The summed E-state index contributed by atoms with van der Waals surface area (Å²) in [6, 6.07) is 3.42. The number of amides is 1. The highest BCUT2D eigenvalue weighted by Crippen LogP contribution is 2.28. The maximum absolute atomic E-state index is 12.4. The molecule has 0 spiro atoms. The SMILES string of the molecule is CCOc1ncccc1C(=O)Nc1nc2c(s1)CN(C)CC2. The zero-order valence-corrected chi connectivity index (χ0v) is 13.4. The molecule has 0 radical (unpaired) electrons. The standard InChI is InChI=1S/C15H18N4O2S/c1-3-21-14-10(5-4-7-16-14)13(20)18-15-17-11-6-8-19(2)9-12(11)22-15/h4-5,7H,3,6,8-9H2,1-2H3,(H,17,18,20). The molecule has 2 aromatic heterocycles. The molecule has 2 aromatic rings.